The summed E-state index contributed by atoms with van der Waals surface area (Å²) in [6.07, 6.45) is 0.651. The third-order valence-corrected chi connectivity index (χ3v) is 5.17. The van der Waals surface area contributed by atoms with Crippen molar-refractivity contribution in [1.82, 2.24) is 20.2 Å². The molecule has 0 bridgehead atoms. The van der Waals surface area contributed by atoms with Gasteiger partial charge in [-0.15, -0.1) is 0 Å². The summed E-state index contributed by atoms with van der Waals surface area (Å²) in [6.45, 7) is 6.22. The highest BCUT2D eigenvalue weighted by atomic mass is 16.4. The fraction of sp³-hybridized carbons (Fsp3) is 0.474. The van der Waals surface area contributed by atoms with Crippen LogP contribution < -0.4 is 15.5 Å². The first kappa shape index (κ1) is 19.7. The van der Waals surface area contributed by atoms with Gasteiger partial charge in [0.2, 0.25) is 11.9 Å². The molecule has 1 aliphatic heterocycles. The zero-order valence-electron chi connectivity index (χ0n) is 16.2. The highest BCUT2D eigenvalue weighted by molar-refractivity contribution is 5.97. The van der Waals surface area contributed by atoms with Crippen molar-refractivity contribution in [1.29, 1.82) is 0 Å². The maximum atomic E-state index is 12.9. The molecule has 2 heterocycles. The number of imidazole rings is 1. The first-order valence-electron chi connectivity index (χ1n) is 9.40. The van der Waals surface area contributed by atoms with Crippen molar-refractivity contribution in [2.75, 3.05) is 11.4 Å². The zero-order chi connectivity index (χ0) is 20.4. The highest BCUT2D eigenvalue weighted by Gasteiger charge is 2.33. The number of hydrogen-bond acceptors (Lipinski definition) is 4. The van der Waals surface area contributed by atoms with Crippen LogP contribution in [-0.4, -0.2) is 51.2 Å². The van der Waals surface area contributed by atoms with Gasteiger partial charge >= 0.3 is 12.0 Å². The van der Waals surface area contributed by atoms with Crippen molar-refractivity contribution >= 4 is 34.9 Å². The Hall–Kier alpha value is -3.10. The lowest BCUT2D eigenvalue weighted by molar-refractivity contribution is -0.141. The summed E-state index contributed by atoms with van der Waals surface area (Å²) >= 11 is 0. The minimum Gasteiger partial charge on any atom is -0.480 e. The topological polar surface area (TPSA) is 117 Å². The van der Waals surface area contributed by atoms with Crippen molar-refractivity contribution < 1.29 is 19.5 Å². The second kappa shape index (κ2) is 7.87. The van der Waals surface area contributed by atoms with Gasteiger partial charge < -0.3 is 20.3 Å². The first-order valence-corrected chi connectivity index (χ1v) is 9.40. The predicted octanol–water partition coefficient (Wildman–Crippen LogP) is 1.57. The number of carboxylic acids is 1. The Morgan fingerprint density at radius 3 is 2.57 bits per heavy atom. The average Bonchev–Trinajstić information content (AvgIpc) is 3.24. The number of anilines is 1. The quantitative estimate of drug-likeness (QED) is 0.696. The number of aromatic nitrogens is 2. The van der Waals surface area contributed by atoms with E-state index in [1.54, 1.807) is 0 Å². The number of carboxylic acid groups (broad SMARTS) is 1. The summed E-state index contributed by atoms with van der Waals surface area (Å²) in [5, 5.41) is 14.2. The second-order valence-electron chi connectivity index (χ2n) is 7.09. The van der Waals surface area contributed by atoms with Gasteiger partial charge in [-0.1, -0.05) is 32.4 Å². The number of carbonyl (C=O) groups is 3. The lowest BCUT2D eigenvalue weighted by Gasteiger charge is -2.26. The zero-order valence-corrected chi connectivity index (χ0v) is 16.2. The van der Waals surface area contributed by atoms with Gasteiger partial charge in [0, 0.05) is 13.1 Å². The average molecular weight is 387 g/mol. The van der Waals surface area contributed by atoms with E-state index in [4.69, 9.17) is 5.11 Å². The molecule has 0 unspecified atom stereocenters. The third-order valence-electron chi connectivity index (χ3n) is 5.17. The lowest BCUT2D eigenvalue weighted by atomic mass is 9.98. The van der Waals surface area contributed by atoms with Gasteiger partial charge in [-0.2, -0.15) is 0 Å². The van der Waals surface area contributed by atoms with Crippen LogP contribution in [0.15, 0.2) is 24.3 Å². The third kappa shape index (κ3) is 3.64. The Labute approximate surface area is 162 Å². The number of amides is 3. The molecule has 0 radical (unpaired) electrons. The summed E-state index contributed by atoms with van der Waals surface area (Å²) in [5.74, 6) is -1.26. The van der Waals surface area contributed by atoms with E-state index in [-0.39, 0.29) is 5.92 Å². The standard InChI is InChI=1S/C19H25N5O4/c1-4-11(2)15(16(25)20-12(3)17(26)27)22-19(28)24-10-9-23-14-8-6-5-7-13(14)21-18(23)24/h5-8,11-12,15H,4,9-10H2,1-3H3,(H,20,25)(H,22,28)(H,26,27)/t11-,12-,15+/m1/s1. The molecule has 150 valence electrons. The minimum atomic E-state index is -1.13. The minimum absolute atomic E-state index is 0.161. The molecule has 1 aliphatic rings. The normalized spacial score (nSPS) is 16.3. The van der Waals surface area contributed by atoms with Crippen LogP contribution in [0.4, 0.5) is 10.7 Å². The number of rotatable bonds is 6. The maximum Gasteiger partial charge on any atom is 0.325 e. The summed E-state index contributed by atoms with van der Waals surface area (Å²) in [7, 11) is 0. The van der Waals surface area contributed by atoms with Gasteiger partial charge in [-0.05, 0) is 25.0 Å². The molecule has 9 nitrogen and oxygen atoms in total. The van der Waals surface area contributed by atoms with Crippen LogP contribution in [0.5, 0.6) is 0 Å². The Morgan fingerprint density at radius 2 is 1.89 bits per heavy atom. The van der Waals surface area contributed by atoms with Crippen molar-refractivity contribution in [3.05, 3.63) is 24.3 Å². The molecular weight excluding hydrogens is 362 g/mol. The van der Waals surface area contributed by atoms with Gasteiger partial charge in [0.25, 0.3) is 0 Å². The number of fused-ring (bicyclic) bond motifs is 3. The molecule has 0 fully saturated rings. The van der Waals surface area contributed by atoms with Crippen LogP contribution in [0.2, 0.25) is 0 Å². The second-order valence-corrected chi connectivity index (χ2v) is 7.09. The van der Waals surface area contributed by atoms with E-state index in [0.29, 0.717) is 25.5 Å². The van der Waals surface area contributed by atoms with Crippen molar-refractivity contribution in [3.8, 4) is 0 Å². The van der Waals surface area contributed by atoms with E-state index in [9.17, 15) is 14.4 Å². The summed E-state index contributed by atoms with van der Waals surface area (Å²) in [5.41, 5.74) is 1.76. The number of para-hydroxylation sites is 2. The van der Waals surface area contributed by atoms with E-state index in [1.165, 1.54) is 11.8 Å². The van der Waals surface area contributed by atoms with E-state index < -0.39 is 30.0 Å². The van der Waals surface area contributed by atoms with Crippen molar-refractivity contribution in [2.45, 2.75) is 45.8 Å². The van der Waals surface area contributed by atoms with Gasteiger partial charge in [0.1, 0.15) is 12.1 Å². The molecule has 1 aromatic carbocycles. The smallest absolute Gasteiger partial charge is 0.325 e. The number of nitrogens with one attached hydrogen (secondary N) is 2. The van der Waals surface area contributed by atoms with E-state index in [2.05, 4.69) is 15.6 Å². The molecular formula is C19H25N5O4. The van der Waals surface area contributed by atoms with E-state index in [1.807, 2.05) is 42.7 Å². The number of hydrogen-bond donors (Lipinski definition) is 3. The van der Waals surface area contributed by atoms with Gasteiger partial charge in [-0.25, -0.2) is 9.78 Å². The molecule has 9 heteroatoms. The number of aliphatic carboxylic acids is 1. The molecule has 2 aromatic rings. The van der Waals surface area contributed by atoms with Crippen LogP contribution in [0.1, 0.15) is 27.2 Å². The molecule has 0 saturated carbocycles. The highest BCUT2D eigenvalue weighted by Crippen LogP contribution is 2.27. The van der Waals surface area contributed by atoms with Gasteiger partial charge in [-0.3, -0.25) is 14.5 Å². The summed E-state index contributed by atoms with van der Waals surface area (Å²) in [4.78, 5) is 42.6. The Morgan fingerprint density at radius 1 is 1.18 bits per heavy atom. The van der Waals surface area contributed by atoms with Crippen LogP contribution in [-0.2, 0) is 16.1 Å². The van der Waals surface area contributed by atoms with Crippen molar-refractivity contribution in [3.63, 3.8) is 0 Å². The van der Waals surface area contributed by atoms with Crippen LogP contribution in [0.3, 0.4) is 0 Å². The van der Waals surface area contributed by atoms with E-state index in [0.717, 1.165) is 11.0 Å². The van der Waals surface area contributed by atoms with E-state index >= 15 is 0 Å². The number of carbonyl (C=O) groups excluding carboxylic acids is 2. The van der Waals surface area contributed by atoms with Crippen molar-refractivity contribution in [2.24, 2.45) is 5.92 Å². The number of benzene rings is 1. The molecule has 28 heavy (non-hydrogen) atoms. The van der Waals surface area contributed by atoms with Crippen LogP contribution in [0.25, 0.3) is 11.0 Å². The monoisotopic (exact) mass is 387 g/mol. The maximum absolute atomic E-state index is 12.9. The fourth-order valence-corrected chi connectivity index (χ4v) is 3.26. The fourth-order valence-electron chi connectivity index (χ4n) is 3.26. The van der Waals surface area contributed by atoms with Crippen LogP contribution >= 0.6 is 0 Å². The predicted molar refractivity (Wildman–Crippen MR) is 104 cm³/mol. The molecule has 0 saturated heterocycles. The summed E-state index contributed by atoms with van der Waals surface area (Å²) in [6, 6.07) is 5.37. The Balaban J connectivity index is 1.78. The SMILES string of the molecule is CC[C@@H](C)[C@H](NC(=O)N1CCn2c1nc1ccccc12)C(=O)N[C@H](C)C(=O)O. The molecule has 0 spiro atoms. The molecule has 3 N–H and O–H groups in total. The lowest BCUT2D eigenvalue weighted by Crippen LogP contribution is -2.56. The largest absolute Gasteiger partial charge is 0.480 e. The van der Waals surface area contributed by atoms with Gasteiger partial charge in [0.15, 0.2) is 0 Å². The molecule has 0 aliphatic carbocycles. The number of nitrogens with zero attached hydrogens (tertiary/aromatic N) is 3. The molecule has 3 rings (SSSR count). The Bertz CT molecular complexity index is 909. The number of urea groups is 1. The molecule has 3 amide bonds. The van der Waals surface area contributed by atoms with Crippen LogP contribution in [0, 0.1) is 5.92 Å². The summed E-state index contributed by atoms with van der Waals surface area (Å²) < 4.78 is 1.97. The van der Waals surface area contributed by atoms with Gasteiger partial charge in [0.05, 0.1) is 11.0 Å². The molecule has 1 aromatic heterocycles. The first-order chi connectivity index (χ1) is 13.3. The molecule has 3 atom stereocenters. The Kier molecular flexibility index (Phi) is 5.53.